The fourth-order valence-electron chi connectivity index (χ4n) is 3.33. The van der Waals surface area contributed by atoms with Crippen LogP contribution >= 0.6 is 0 Å². The second-order valence-electron chi connectivity index (χ2n) is 6.93. The molecule has 0 unspecified atom stereocenters. The van der Waals surface area contributed by atoms with E-state index in [9.17, 15) is 14.0 Å². The number of aryl methyl sites for hydroxylation is 3. The van der Waals surface area contributed by atoms with Crippen molar-refractivity contribution in [3.05, 3.63) is 87.6 Å². The maximum atomic E-state index is 13.8. The molecule has 0 aliphatic carbocycles. The molecule has 1 N–H and O–H groups in total. The average molecular weight is 390 g/mol. The van der Waals surface area contributed by atoms with Crippen molar-refractivity contribution in [1.29, 1.82) is 0 Å². The zero-order chi connectivity index (χ0) is 20.7. The molecule has 7 heteroatoms. The number of pyridine rings is 1. The smallest absolute Gasteiger partial charge is 0.261 e. The molecule has 0 fully saturated rings. The minimum Gasteiger partial charge on any atom is -0.334 e. The number of benzene rings is 2. The van der Waals surface area contributed by atoms with Gasteiger partial charge in [-0.25, -0.2) is 9.07 Å². The largest absolute Gasteiger partial charge is 0.334 e. The lowest BCUT2D eigenvalue weighted by atomic mass is 10.1. The van der Waals surface area contributed by atoms with E-state index in [0.717, 1.165) is 5.69 Å². The van der Waals surface area contributed by atoms with Gasteiger partial charge in [0.1, 0.15) is 17.0 Å². The number of nitrogens with zero attached hydrogens (tertiary/aromatic N) is 3. The molecular formula is C22H19FN4O2. The highest BCUT2D eigenvalue weighted by Gasteiger charge is 2.21. The van der Waals surface area contributed by atoms with Crippen LogP contribution in [0.1, 0.15) is 21.6 Å². The van der Waals surface area contributed by atoms with E-state index in [-0.39, 0.29) is 11.3 Å². The summed E-state index contributed by atoms with van der Waals surface area (Å²) in [6.07, 6.45) is 1.48. The molecule has 4 rings (SSSR count). The van der Waals surface area contributed by atoms with Crippen LogP contribution in [0.4, 0.5) is 10.1 Å². The molecule has 2 aromatic carbocycles. The highest BCUT2D eigenvalue weighted by Crippen LogP contribution is 2.20. The molecular weight excluding hydrogens is 371 g/mol. The summed E-state index contributed by atoms with van der Waals surface area (Å²) < 4.78 is 17.2. The first kappa shape index (κ1) is 18.6. The Morgan fingerprint density at radius 2 is 1.83 bits per heavy atom. The number of carbonyl (C=O) groups excluding carboxylic acids is 1. The number of carbonyl (C=O) groups is 1. The zero-order valence-electron chi connectivity index (χ0n) is 16.2. The first-order valence-corrected chi connectivity index (χ1v) is 9.08. The number of halogens is 1. The molecule has 0 atom stereocenters. The van der Waals surface area contributed by atoms with Gasteiger partial charge in [0.25, 0.3) is 5.91 Å². The number of para-hydroxylation sites is 1. The molecule has 2 aromatic heterocycles. The summed E-state index contributed by atoms with van der Waals surface area (Å²) in [6.45, 7) is 3.37. The van der Waals surface area contributed by atoms with Crippen LogP contribution in [0, 0.1) is 19.7 Å². The zero-order valence-corrected chi connectivity index (χ0v) is 16.2. The number of hydrogen-bond acceptors (Lipinski definition) is 3. The molecule has 29 heavy (non-hydrogen) atoms. The predicted octanol–water partition coefficient (Wildman–Crippen LogP) is 3.73. The summed E-state index contributed by atoms with van der Waals surface area (Å²) in [4.78, 5) is 25.8. The summed E-state index contributed by atoms with van der Waals surface area (Å²) in [5, 5.41) is 7.47. The molecule has 0 spiro atoms. The molecule has 0 radical (unpaired) electrons. The first-order valence-electron chi connectivity index (χ1n) is 9.08. The van der Waals surface area contributed by atoms with Crippen molar-refractivity contribution in [3.8, 4) is 5.69 Å². The Kier molecular flexibility index (Phi) is 4.50. The Bertz CT molecular complexity index is 1310. The lowest BCUT2D eigenvalue weighted by Gasteiger charge is -2.10. The maximum Gasteiger partial charge on any atom is 0.261 e. The Morgan fingerprint density at radius 1 is 1.10 bits per heavy atom. The van der Waals surface area contributed by atoms with Crippen molar-refractivity contribution in [3.63, 3.8) is 0 Å². The van der Waals surface area contributed by atoms with E-state index in [1.807, 2.05) is 30.3 Å². The van der Waals surface area contributed by atoms with Gasteiger partial charge >= 0.3 is 0 Å². The van der Waals surface area contributed by atoms with Gasteiger partial charge in [-0.3, -0.25) is 9.59 Å². The molecule has 1 amide bonds. The van der Waals surface area contributed by atoms with Gasteiger partial charge in [0.05, 0.1) is 16.8 Å². The van der Waals surface area contributed by atoms with Crippen LogP contribution in [0.3, 0.4) is 0 Å². The third-order valence-electron chi connectivity index (χ3n) is 4.84. The van der Waals surface area contributed by atoms with E-state index in [1.54, 1.807) is 42.3 Å². The molecule has 0 aliphatic rings. The Balaban J connectivity index is 1.82. The van der Waals surface area contributed by atoms with Crippen LogP contribution < -0.4 is 10.7 Å². The Morgan fingerprint density at radius 3 is 2.52 bits per heavy atom. The van der Waals surface area contributed by atoms with E-state index in [4.69, 9.17) is 0 Å². The van der Waals surface area contributed by atoms with Gasteiger partial charge in [-0.05, 0) is 43.7 Å². The second kappa shape index (κ2) is 7.01. The molecule has 0 saturated heterocycles. The second-order valence-corrected chi connectivity index (χ2v) is 6.93. The van der Waals surface area contributed by atoms with Gasteiger partial charge in [-0.15, -0.1) is 0 Å². The van der Waals surface area contributed by atoms with E-state index >= 15 is 0 Å². The third kappa shape index (κ3) is 3.20. The van der Waals surface area contributed by atoms with Crippen LogP contribution in [0.5, 0.6) is 0 Å². The fourth-order valence-corrected chi connectivity index (χ4v) is 3.33. The summed E-state index contributed by atoms with van der Waals surface area (Å²) in [5.74, 6) is -1.02. The van der Waals surface area contributed by atoms with E-state index in [2.05, 4.69) is 10.4 Å². The first-order chi connectivity index (χ1) is 13.9. The molecule has 0 saturated carbocycles. The molecule has 146 valence electrons. The van der Waals surface area contributed by atoms with Crippen molar-refractivity contribution < 1.29 is 9.18 Å². The average Bonchev–Trinajstić information content (AvgIpc) is 3.06. The maximum absolute atomic E-state index is 13.8. The van der Waals surface area contributed by atoms with E-state index in [1.165, 1.54) is 12.3 Å². The number of hydrogen-bond donors (Lipinski definition) is 1. The number of rotatable bonds is 3. The normalized spacial score (nSPS) is 11.0. The molecule has 2 heterocycles. The van der Waals surface area contributed by atoms with Crippen LogP contribution in [0.2, 0.25) is 0 Å². The van der Waals surface area contributed by atoms with Gasteiger partial charge in [-0.1, -0.05) is 24.3 Å². The number of aromatic nitrogens is 3. The molecule has 4 aromatic rings. The SMILES string of the molecule is Cc1ccc(NC(=O)c2cn(C)c3c(c(C)nn3-c3ccccc3)c2=O)cc1F. The summed E-state index contributed by atoms with van der Waals surface area (Å²) in [7, 11) is 1.75. The Hall–Kier alpha value is -3.74. The van der Waals surface area contributed by atoms with Gasteiger partial charge in [0.2, 0.25) is 5.43 Å². The molecule has 6 nitrogen and oxygen atoms in total. The number of amides is 1. The number of nitrogens with one attached hydrogen (secondary N) is 1. The number of anilines is 1. The molecule has 0 bridgehead atoms. The lowest BCUT2D eigenvalue weighted by molar-refractivity contribution is 0.102. The minimum atomic E-state index is -0.595. The number of fused-ring (bicyclic) bond motifs is 1. The van der Waals surface area contributed by atoms with Crippen molar-refractivity contribution in [2.24, 2.45) is 7.05 Å². The fraction of sp³-hybridized carbons (Fsp3) is 0.136. The lowest BCUT2D eigenvalue weighted by Crippen LogP contribution is -2.24. The highest BCUT2D eigenvalue weighted by atomic mass is 19.1. The van der Waals surface area contributed by atoms with Gasteiger partial charge < -0.3 is 9.88 Å². The van der Waals surface area contributed by atoms with Crippen LogP contribution in [-0.2, 0) is 7.05 Å². The van der Waals surface area contributed by atoms with Crippen LogP contribution in [-0.4, -0.2) is 20.3 Å². The monoisotopic (exact) mass is 390 g/mol. The minimum absolute atomic E-state index is 0.0308. The van der Waals surface area contributed by atoms with Gasteiger partial charge in [0.15, 0.2) is 0 Å². The van der Waals surface area contributed by atoms with Crippen molar-refractivity contribution >= 4 is 22.6 Å². The Labute approximate surface area is 166 Å². The van der Waals surface area contributed by atoms with E-state index in [0.29, 0.717) is 22.3 Å². The summed E-state index contributed by atoms with van der Waals surface area (Å²) >= 11 is 0. The topological polar surface area (TPSA) is 68.9 Å². The highest BCUT2D eigenvalue weighted by molar-refractivity contribution is 6.05. The van der Waals surface area contributed by atoms with Crippen molar-refractivity contribution in [1.82, 2.24) is 14.3 Å². The summed E-state index contributed by atoms with van der Waals surface area (Å²) in [5.41, 5.74) is 2.26. The van der Waals surface area contributed by atoms with Gasteiger partial charge in [-0.2, -0.15) is 5.10 Å². The predicted molar refractivity (Wildman–Crippen MR) is 110 cm³/mol. The quantitative estimate of drug-likeness (QED) is 0.580. The summed E-state index contributed by atoms with van der Waals surface area (Å²) in [6, 6.07) is 13.9. The van der Waals surface area contributed by atoms with Gasteiger partial charge in [0, 0.05) is 18.9 Å². The van der Waals surface area contributed by atoms with Crippen molar-refractivity contribution in [2.45, 2.75) is 13.8 Å². The van der Waals surface area contributed by atoms with E-state index < -0.39 is 17.2 Å². The van der Waals surface area contributed by atoms with Crippen LogP contribution in [0.15, 0.2) is 59.5 Å². The van der Waals surface area contributed by atoms with Crippen molar-refractivity contribution in [2.75, 3.05) is 5.32 Å². The third-order valence-corrected chi connectivity index (χ3v) is 4.84. The standard InChI is InChI=1S/C22H19FN4O2/c1-13-9-10-15(11-18(13)23)24-21(29)17-12-26(3)22-19(20(17)28)14(2)25-27(22)16-7-5-4-6-8-16/h4-12H,1-3H3,(H,24,29). The van der Waals surface area contributed by atoms with Crippen LogP contribution in [0.25, 0.3) is 16.7 Å². The molecule has 0 aliphatic heterocycles.